The van der Waals surface area contributed by atoms with Crippen LogP contribution in [0.5, 0.6) is 5.75 Å². The van der Waals surface area contributed by atoms with Crippen molar-refractivity contribution in [1.29, 1.82) is 0 Å². The number of halogens is 1. The molecule has 0 unspecified atom stereocenters. The number of rotatable bonds is 6. The molecule has 0 radical (unpaired) electrons. The fourth-order valence-electron chi connectivity index (χ4n) is 2.19. The molecular weight excluding hydrogens is 359 g/mol. The second-order valence-corrected chi connectivity index (χ2v) is 5.50. The number of nitrogens with zero attached hydrogens (tertiary/aromatic N) is 3. The number of H-pyrrole nitrogens is 1. The number of aliphatic carboxylic acids is 1. The van der Waals surface area contributed by atoms with Crippen molar-refractivity contribution in [2.24, 2.45) is 5.10 Å². The summed E-state index contributed by atoms with van der Waals surface area (Å²) in [5.74, 6) is -0.979. The third-order valence-electron chi connectivity index (χ3n) is 3.35. The minimum atomic E-state index is -1.09. The van der Waals surface area contributed by atoms with E-state index in [0.717, 1.165) is 0 Å². The Hall–Kier alpha value is -3.33. The van der Waals surface area contributed by atoms with Crippen LogP contribution >= 0.6 is 12.2 Å². The zero-order valence-corrected chi connectivity index (χ0v) is 14.1. The van der Waals surface area contributed by atoms with Crippen LogP contribution in [0, 0.1) is 10.6 Å². The molecule has 1 aromatic heterocycles. The maximum absolute atomic E-state index is 14.0. The number of benzene rings is 2. The van der Waals surface area contributed by atoms with E-state index in [4.69, 9.17) is 22.1 Å². The van der Waals surface area contributed by atoms with Gasteiger partial charge in [-0.25, -0.2) is 14.3 Å². The van der Waals surface area contributed by atoms with Crippen LogP contribution in [0.1, 0.15) is 5.56 Å². The Labute approximate surface area is 152 Å². The Bertz CT molecular complexity index is 1030. The number of hydrogen-bond acceptors (Lipinski definition) is 5. The summed E-state index contributed by atoms with van der Waals surface area (Å²) in [5.41, 5.74) is 0.781. The van der Waals surface area contributed by atoms with Crippen molar-refractivity contribution >= 4 is 24.4 Å². The minimum Gasteiger partial charge on any atom is -0.481 e. The molecule has 0 bridgehead atoms. The number of carbonyl (C=O) groups is 1. The summed E-state index contributed by atoms with van der Waals surface area (Å²) in [4.78, 5) is 10.7. The summed E-state index contributed by atoms with van der Waals surface area (Å²) < 4.78 is 20.7. The quantitative estimate of drug-likeness (QED) is 0.512. The molecular formula is C17H13FN4O3S. The standard InChI is InChI=1S/C17H13FN4O3S/c18-13-7-3-2-6-12(13)16-20-21-17(26)22(16)19-9-11-5-1-4-8-14(11)25-10-15(23)24/h1-9H,10H2,(H,21,26)(H,23,24)/b19-9-. The van der Waals surface area contributed by atoms with E-state index in [1.807, 2.05) is 0 Å². The van der Waals surface area contributed by atoms with Crippen LogP contribution in [0.15, 0.2) is 53.6 Å². The van der Waals surface area contributed by atoms with Crippen molar-refractivity contribution < 1.29 is 19.0 Å². The van der Waals surface area contributed by atoms with Crippen molar-refractivity contribution in [3.63, 3.8) is 0 Å². The number of nitrogens with one attached hydrogen (secondary N) is 1. The SMILES string of the molecule is O=C(O)COc1ccccc1/C=N\n1c(-c2ccccc2F)n[nH]c1=S. The summed E-state index contributed by atoms with van der Waals surface area (Å²) in [6, 6.07) is 12.9. The topological polar surface area (TPSA) is 92.5 Å². The van der Waals surface area contributed by atoms with E-state index in [1.54, 1.807) is 42.5 Å². The zero-order chi connectivity index (χ0) is 18.5. The van der Waals surface area contributed by atoms with Crippen molar-refractivity contribution in [2.45, 2.75) is 0 Å². The van der Waals surface area contributed by atoms with Gasteiger partial charge >= 0.3 is 5.97 Å². The largest absolute Gasteiger partial charge is 0.481 e. The molecule has 0 fully saturated rings. The van der Waals surface area contributed by atoms with E-state index in [-0.39, 0.29) is 16.2 Å². The first-order valence-corrected chi connectivity index (χ1v) is 7.87. The smallest absolute Gasteiger partial charge is 0.341 e. The number of aromatic amines is 1. The Morgan fingerprint density at radius 1 is 1.31 bits per heavy atom. The lowest BCUT2D eigenvalue weighted by molar-refractivity contribution is -0.139. The van der Waals surface area contributed by atoms with Crippen LogP contribution in [0.3, 0.4) is 0 Å². The second-order valence-electron chi connectivity index (χ2n) is 5.11. The van der Waals surface area contributed by atoms with Crippen LogP contribution in [-0.2, 0) is 4.79 Å². The molecule has 132 valence electrons. The summed E-state index contributed by atoms with van der Waals surface area (Å²) in [7, 11) is 0. The lowest BCUT2D eigenvalue weighted by atomic mass is 10.2. The van der Waals surface area contributed by atoms with Gasteiger partial charge in [-0.2, -0.15) is 14.9 Å². The molecule has 0 spiro atoms. The molecule has 26 heavy (non-hydrogen) atoms. The van der Waals surface area contributed by atoms with E-state index >= 15 is 0 Å². The first kappa shape index (κ1) is 17.5. The summed E-state index contributed by atoms with van der Waals surface area (Å²) >= 11 is 5.15. The lowest BCUT2D eigenvalue weighted by Crippen LogP contribution is -2.10. The van der Waals surface area contributed by atoms with E-state index in [9.17, 15) is 9.18 Å². The normalized spacial score (nSPS) is 11.0. The van der Waals surface area contributed by atoms with Gasteiger partial charge in [-0.3, -0.25) is 0 Å². The highest BCUT2D eigenvalue weighted by Crippen LogP contribution is 2.21. The third-order valence-corrected chi connectivity index (χ3v) is 3.61. The average molecular weight is 372 g/mol. The highest BCUT2D eigenvalue weighted by molar-refractivity contribution is 7.71. The first-order valence-electron chi connectivity index (χ1n) is 7.46. The van der Waals surface area contributed by atoms with Crippen LogP contribution in [0.4, 0.5) is 4.39 Å². The molecule has 0 aliphatic rings. The van der Waals surface area contributed by atoms with Crippen molar-refractivity contribution in [3.05, 3.63) is 64.7 Å². The average Bonchev–Trinajstić information content (AvgIpc) is 2.99. The Morgan fingerprint density at radius 3 is 2.81 bits per heavy atom. The molecule has 1 heterocycles. The van der Waals surface area contributed by atoms with Gasteiger partial charge in [0.25, 0.3) is 0 Å². The molecule has 9 heteroatoms. The van der Waals surface area contributed by atoms with Gasteiger partial charge in [0.15, 0.2) is 12.4 Å². The van der Waals surface area contributed by atoms with Gasteiger partial charge in [0, 0.05) is 5.56 Å². The highest BCUT2D eigenvalue weighted by atomic mass is 32.1. The molecule has 0 saturated heterocycles. The van der Waals surface area contributed by atoms with Gasteiger partial charge in [0.05, 0.1) is 11.8 Å². The summed E-state index contributed by atoms with van der Waals surface area (Å²) in [6.45, 7) is -0.476. The van der Waals surface area contributed by atoms with E-state index < -0.39 is 18.4 Å². The number of carboxylic acids is 1. The van der Waals surface area contributed by atoms with Gasteiger partial charge in [-0.15, -0.1) is 0 Å². The van der Waals surface area contributed by atoms with Gasteiger partial charge in [-0.1, -0.05) is 24.3 Å². The molecule has 0 amide bonds. The Kier molecular flexibility index (Phi) is 5.18. The Morgan fingerprint density at radius 2 is 2.04 bits per heavy atom. The van der Waals surface area contributed by atoms with E-state index in [2.05, 4.69) is 15.3 Å². The number of carboxylic acid groups (broad SMARTS) is 1. The van der Waals surface area contributed by atoms with Crippen LogP contribution in [0.25, 0.3) is 11.4 Å². The predicted molar refractivity (Wildman–Crippen MR) is 95.4 cm³/mol. The second kappa shape index (κ2) is 7.70. The third kappa shape index (κ3) is 3.83. The lowest BCUT2D eigenvalue weighted by Gasteiger charge is -2.06. The minimum absolute atomic E-state index is 0.184. The molecule has 3 aromatic rings. The van der Waals surface area contributed by atoms with Gasteiger partial charge < -0.3 is 9.84 Å². The molecule has 0 aliphatic carbocycles. The fraction of sp³-hybridized carbons (Fsp3) is 0.0588. The number of hydrogen-bond donors (Lipinski definition) is 2. The fourth-order valence-corrected chi connectivity index (χ4v) is 2.37. The van der Waals surface area contributed by atoms with Crippen molar-refractivity contribution in [2.75, 3.05) is 6.61 Å². The van der Waals surface area contributed by atoms with E-state index in [0.29, 0.717) is 11.3 Å². The summed E-state index contributed by atoms with van der Waals surface area (Å²) in [5, 5.41) is 19.6. The first-order chi connectivity index (χ1) is 12.6. The molecule has 0 saturated carbocycles. The monoisotopic (exact) mass is 372 g/mol. The van der Waals surface area contributed by atoms with Crippen LogP contribution < -0.4 is 4.74 Å². The van der Waals surface area contributed by atoms with Crippen LogP contribution in [-0.4, -0.2) is 38.8 Å². The van der Waals surface area contributed by atoms with Crippen molar-refractivity contribution in [1.82, 2.24) is 14.9 Å². The molecule has 0 aliphatic heterocycles. The molecule has 2 N–H and O–H groups in total. The number of para-hydroxylation sites is 1. The maximum Gasteiger partial charge on any atom is 0.341 e. The molecule has 7 nitrogen and oxygen atoms in total. The maximum atomic E-state index is 14.0. The highest BCUT2D eigenvalue weighted by Gasteiger charge is 2.12. The van der Waals surface area contributed by atoms with Gasteiger partial charge in [-0.05, 0) is 36.5 Å². The number of ether oxygens (including phenoxy) is 1. The number of aromatic nitrogens is 3. The molecule has 2 aromatic carbocycles. The predicted octanol–water partition coefficient (Wildman–Crippen LogP) is 3.09. The van der Waals surface area contributed by atoms with Crippen molar-refractivity contribution in [3.8, 4) is 17.1 Å². The molecule has 0 atom stereocenters. The molecule has 3 rings (SSSR count). The Balaban J connectivity index is 1.96. The van der Waals surface area contributed by atoms with Crippen LogP contribution in [0.2, 0.25) is 0 Å². The van der Waals surface area contributed by atoms with Gasteiger partial charge in [0.2, 0.25) is 4.77 Å². The summed E-state index contributed by atoms with van der Waals surface area (Å²) in [6.07, 6.45) is 1.44. The van der Waals surface area contributed by atoms with Gasteiger partial charge in [0.1, 0.15) is 11.6 Å². The zero-order valence-electron chi connectivity index (χ0n) is 13.3. The van der Waals surface area contributed by atoms with E-state index in [1.165, 1.54) is 17.0 Å².